The number of aliphatic carboxylic acids is 1. The summed E-state index contributed by atoms with van der Waals surface area (Å²) in [7, 11) is 1.87. The Labute approximate surface area is 89.1 Å². The lowest BCUT2D eigenvalue weighted by Crippen LogP contribution is -2.34. The Morgan fingerprint density at radius 3 is 2.93 bits per heavy atom. The predicted octanol–water partition coefficient (Wildman–Crippen LogP) is 0.415. The number of carboxylic acids is 1. The highest BCUT2D eigenvalue weighted by molar-refractivity contribution is 5.69. The van der Waals surface area contributed by atoms with E-state index in [-0.39, 0.29) is 12.6 Å². The van der Waals surface area contributed by atoms with Gasteiger partial charge in [0.15, 0.2) is 0 Å². The molecule has 0 aliphatic rings. The van der Waals surface area contributed by atoms with Gasteiger partial charge in [0.2, 0.25) is 0 Å². The van der Waals surface area contributed by atoms with E-state index in [1.807, 2.05) is 26.2 Å². The van der Waals surface area contributed by atoms with Gasteiger partial charge in [0.05, 0.1) is 12.2 Å². The Kier molecular flexibility index (Phi) is 4.30. The topological polar surface area (TPSA) is 67.2 Å². The summed E-state index contributed by atoms with van der Waals surface area (Å²) in [5.74, 6) is -0.825. The number of rotatable bonds is 6. The summed E-state index contributed by atoms with van der Waals surface area (Å²) in [6, 6.07) is 2.13. The largest absolute Gasteiger partial charge is 0.480 e. The predicted molar refractivity (Wildman–Crippen MR) is 56.6 cm³/mol. The van der Waals surface area contributed by atoms with Crippen molar-refractivity contribution in [2.75, 3.05) is 6.54 Å². The minimum absolute atomic E-state index is 0.00530. The van der Waals surface area contributed by atoms with Gasteiger partial charge in [-0.1, -0.05) is 6.92 Å². The van der Waals surface area contributed by atoms with Crippen molar-refractivity contribution < 1.29 is 9.90 Å². The van der Waals surface area contributed by atoms with Crippen LogP contribution in [-0.2, 0) is 18.3 Å². The van der Waals surface area contributed by atoms with Crippen molar-refractivity contribution in [2.24, 2.45) is 7.05 Å². The first-order chi connectivity index (χ1) is 7.11. The molecule has 0 aliphatic carbocycles. The molecule has 0 aliphatic heterocycles. The number of aromatic nitrogens is 2. The van der Waals surface area contributed by atoms with Crippen molar-refractivity contribution in [3.05, 3.63) is 18.0 Å². The van der Waals surface area contributed by atoms with Crippen LogP contribution < -0.4 is 5.32 Å². The molecule has 1 rings (SSSR count). The molecular formula is C10H17N3O2. The molecule has 1 aromatic rings. The fraction of sp³-hybridized carbons (Fsp3) is 0.600. The van der Waals surface area contributed by atoms with E-state index in [9.17, 15) is 4.79 Å². The third-order valence-electron chi connectivity index (χ3n) is 2.26. The number of aryl methyl sites for hydroxylation is 1. The second kappa shape index (κ2) is 5.50. The Morgan fingerprint density at radius 1 is 1.73 bits per heavy atom. The zero-order valence-electron chi connectivity index (χ0n) is 9.10. The third kappa shape index (κ3) is 4.12. The second-order valence-electron chi connectivity index (χ2n) is 3.56. The molecule has 0 bridgehead atoms. The van der Waals surface area contributed by atoms with E-state index >= 15 is 0 Å². The quantitative estimate of drug-likeness (QED) is 0.715. The normalized spacial score (nSPS) is 12.7. The van der Waals surface area contributed by atoms with Crippen molar-refractivity contribution in [3.8, 4) is 0 Å². The van der Waals surface area contributed by atoms with Gasteiger partial charge in [-0.15, -0.1) is 0 Å². The smallest absolute Gasteiger partial charge is 0.317 e. The average molecular weight is 211 g/mol. The zero-order chi connectivity index (χ0) is 11.3. The van der Waals surface area contributed by atoms with Crippen molar-refractivity contribution in [2.45, 2.75) is 25.8 Å². The van der Waals surface area contributed by atoms with E-state index in [0.29, 0.717) is 0 Å². The first kappa shape index (κ1) is 11.7. The van der Waals surface area contributed by atoms with Crippen LogP contribution in [0.15, 0.2) is 12.3 Å². The first-order valence-electron chi connectivity index (χ1n) is 5.05. The molecule has 0 aromatic carbocycles. The van der Waals surface area contributed by atoms with Crippen molar-refractivity contribution >= 4 is 5.97 Å². The molecule has 1 aromatic heterocycles. The minimum Gasteiger partial charge on any atom is -0.480 e. The molecule has 84 valence electrons. The molecule has 0 saturated heterocycles. The zero-order valence-corrected chi connectivity index (χ0v) is 9.10. The molecule has 0 fully saturated rings. The Morgan fingerprint density at radius 2 is 2.47 bits per heavy atom. The maximum absolute atomic E-state index is 10.4. The summed E-state index contributed by atoms with van der Waals surface area (Å²) < 4.78 is 1.75. The third-order valence-corrected chi connectivity index (χ3v) is 2.26. The molecule has 1 unspecified atom stereocenters. The van der Waals surface area contributed by atoms with Crippen molar-refractivity contribution in [3.63, 3.8) is 0 Å². The highest BCUT2D eigenvalue weighted by atomic mass is 16.4. The van der Waals surface area contributed by atoms with Gasteiger partial charge in [-0.3, -0.25) is 9.48 Å². The Balaban J connectivity index is 2.42. The van der Waals surface area contributed by atoms with Crippen LogP contribution in [0.2, 0.25) is 0 Å². The monoisotopic (exact) mass is 211 g/mol. The molecule has 0 amide bonds. The summed E-state index contributed by atoms with van der Waals surface area (Å²) in [5.41, 5.74) is 0.988. The summed E-state index contributed by atoms with van der Waals surface area (Å²) >= 11 is 0. The number of hydrogen-bond donors (Lipinski definition) is 2. The molecule has 2 N–H and O–H groups in total. The Hall–Kier alpha value is -1.36. The van der Waals surface area contributed by atoms with E-state index in [1.165, 1.54) is 0 Å². The van der Waals surface area contributed by atoms with Gasteiger partial charge in [0.1, 0.15) is 0 Å². The number of nitrogens with one attached hydrogen (secondary N) is 1. The maximum Gasteiger partial charge on any atom is 0.317 e. The molecule has 1 heterocycles. The van der Waals surface area contributed by atoms with Gasteiger partial charge in [0.25, 0.3) is 0 Å². The van der Waals surface area contributed by atoms with Crippen LogP contribution in [0.3, 0.4) is 0 Å². The van der Waals surface area contributed by atoms with Crippen molar-refractivity contribution in [1.82, 2.24) is 15.1 Å². The van der Waals surface area contributed by atoms with E-state index in [2.05, 4.69) is 10.4 Å². The standard InChI is InChI=1S/C10H17N3O2/c1-3-8(11-7-10(14)15)6-9-4-5-13(2)12-9/h4-5,8,11H,3,6-7H2,1-2H3,(H,14,15). The average Bonchev–Trinajstić information content (AvgIpc) is 2.58. The van der Waals surface area contributed by atoms with Gasteiger partial charge >= 0.3 is 5.97 Å². The molecule has 0 saturated carbocycles. The van der Waals surface area contributed by atoms with E-state index in [1.54, 1.807) is 4.68 Å². The molecule has 0 radical (unpaired) electrons. The van der Waals surface area contributed by atoms with E-state index in [4.69, 9.17) is 5.11 Å². The van der Waals surface area contributed by atoms with Crippen molar-refractivity contribution in [1.29, 1.82) is 0 Å². The van der Waals surface area contributed by atoms with Gasteiger partial charge < -0.3 is 10.4 Å². The van der Waals surface area contributed by atoms with Gasteiger partial charge in [-0.05, 0) is 12.5 Å². The molecule has 0 spiro atoms. The molecule has 15 heavy (non-hydrogen) atoms. The summed E-state index contributed by atoms with van der Waals surface area (Å²) in [4.78, 5) is 10.4. The number of carbonyl (C=O) groups is 1. The van der Waals surface area contributed by atoms with Crippen LogP contribution in [0.4, 0.5) is 0 Å². The summed E-state index contributed by atoms with van der Waals surface area (Å²) in [6.07, 6.45) is 3.55. The van der Waals surface area contributed by atoms with Crippen LogP contribution in [0.25, 0.3) is 0 Å². The van der Waals surface area contributed by atoms with Gasteiger partial charge in [-0.25, -0.2) is 0 Å². The van der Waals surface area contributed by atoms with Gasteiger partial charge in [-0.2, -0.15) is 5.10 Å². The van der Waals surface area contributed by atoms with Crippen LogP contribution in [-0.4, -0.2) is 33.4 Å². The van der Waals surface area contributed by atoms with Crippen LogP contribution in [0.5, 0.6) is 0 Å². The first-order valence-corrected chi connectivity index (χ1v) is 5.05. The van der Waals surface area contributed by atoms with E-state index in [0.717, 1.165) is 18.5 Å². The highest BCUT2D eigenvalue weighted by Gasteiger charge is 2.09. The van der Waals surface area contributed by atoms with E-state index < -0.39 is 5.97 Å². The SMILES string of the molecule is CCC(Cc1ccn(C)n1)NCC(=O)O. The fourth-order valence-electron chi connectivity index (χ4n) is 1.42. The lowest BCUT2D eigenvalue weighted by atomic mass is 10.1. The minimum atomic E-state index is -0.825. The van der Waals surface area contributed by atoms with Crippen LogP contribution in [0, 0.1) is 0 Å². The number of carboxylic acid groups (broad SMARTS) is 1. The number of nitrogens with zero attached hydrogens (tertiary/aromatic N) is 2. The van der Waals surface area contributed by atoms with Crippen LogP contribution in [0.1, 0.15) is 19.0 Å². The fourth-order valence-corrected chi connectivity index (χ4v) is 1.42. The van der Waals surface area contributed by atoms with Gasteiger partial charge in [0, 0.05) is 25.7 Å². The maximum atomic E-state index is 10.4. The Bertz CT molecular complexity index is 322. The second-order valence-corrected chi connectivity index (χ2v) is 3.56. The molecule has 5 heteroatoms. The molecule has 1 atom stereocenters. The molecular weight excluding hydrogens is 194 g/mol. The lowest BCUT2D eigenvalue weighted by molar-refractivity contribution is -0.136. The summed E-state index contributed by atoms with van der Waals surface area (Å²) in [5, 5.41) is 15.8. The van der Waals surface area contributed by atoms with Crippen LogP contribution >= 0.6 is 0 Å². The summed E-state index contributed by atoms with van der Waals surface area (Å²) in [6.45, 7) is 2.04. The molecule has 5 nitrogen and oxygen atoms in total. The highest BCUT2D eigenvalue weighted by Crippen LogP contribution is 2.02. The lowest BCUT2D eigenvalue weighted by Gasteiger charge is -2.13. The number of hydrogen-bond acceptors (Lipinski definition) is 3.